The van der Waals surface area contributed by atoms with Crippen molar-refractivity contribution >= 4 is 60.7 Å². The third-order valence-electron chi connectivity index (χ3n) is 7.78. The van der Waals surface area contributed by atoms with Crippen molar-refractivity contribution in [3.05, 3.63) is 70.2 Å². The maximum Gasteiger partial charge on any atom is 0.321 e. The summed E-state index contributed by atoms with van der Waals surface area (Å²) in [6.45, 7) is 8.55. The molecule has 0 radical (unpaired) electrons. The van der Waals surface area contributed by atoms with Crippen LogP contribution in [0.15, 0.2) is 51.7 Å². The Balaban J connectivity index is 1.48. The van der Waals surface area contributed by atoms with E-state index in [-0.39, 0.29) is 16.3 Å². The number of aliphatic carboxylic acids is 1. The molecule has 0 spiro atoms. The molecule has 0 saturated carbocycles. The maximum absolute atomic E-state index is 12.7. The number of carbonyl (C=O) groups is 1. The molecule has 0 aliphatic heterocycles. The summed E-state index contributed by atoms with van der Waals surface area (Å²) >= 11 is 1.21. The van der Waals surface area contributed by atoms with Gasteiger partial charge >= 0.3 is 5.97 Å². The first-order valence-electron chi connectivity index (χ1n) is 15.8. The second-order valence-corrected chi connectivity index (χ2v) is 14.4. The van der Waals surface area contributed by atoms with Gasteiger partial charge in [-0.3, -0.25) is 4.79 Å². The SMILES string of the molecule is CNc1nc(Cc2c(C)cc(C)cc2C)nc(NCCCOC)c1N=Nc1nn(-c2nc3cc(S(=O)(=O)NC(C)C(=O)O)ccc3s2)cc1C#N. The Morgan fingerprint density at radius 3 is 2.51 bits per heavy atom. The van der Waals surface area contributed by atoms with Gasteiger partial charge in [-0.2, -0.15) is 9.98 Å². The van der Waals surface area contributed by atoms with Gasteiger partial charge in [-0.15, -0.1) is 15.3 Å². The summed E-state index contributed by atoms with van der Waals surface area (Å²) in [5.74, 6) is 0.189. The number of fused-ring (bicyclic) bond motifs is 1. The zero-order valence-electron chi connectivity index (χ0n) is 28.8. The van der Waals surface area contributed by atoms with E-state index in [1.165, 1.54) is 46.8 Å². The fourth-order valence-corrected chi connectivity index (χ4v) is 7.36. The highest BCUT2D eigenvalue weighted by Gasteiger charge is 2.23. The van der Waals surface area contributed by atoms with Gasteiger partial charge < -0.3 is 20.5 Å². The van der Waals surface area contributed by atoms with Crippen LogP contribution in [0, 0.1) is 32.1 Å². The molecule has 1 unspecified atom stereocenters. The molecule has 0 amide bonds. The Bertz CT molecular complexity index is 2250. The predicted molar refractivity (Wildman–Crippen MR) is 193 cm³/mol. The van der Waals surface area contributed by atoms with E-state index in [1.807, 2.05) is 0 Å². The van der Waals surface area contributed by atoms with E-state index < -0.39 is 22.0 Å². The smallest absolute Gasteiger partial charge is 0.321 e. The Kier molecular flexibility index (Phi) is 11.4. The van der Waals surface area contributed by atoms with Crippen molar-refractivity contribution < 1.29 is 23.1 Å². The van der Waals surface area contributed by atoms with Gasteiger partial charge in [0.15, 0.2) is 17.3 Å². The monoisotopic (exact) mass is 731 g/mol. The van der Waals surface area contributed by atoms with Gasteiger partial charge in [0.05, 0.1) is 21.3 Å². The average Bonchev–Trinajstić information content (AvgIpc) is 3.71. The normalized spacial score (nSPS) is 12.3. The van der Waals surface area contributed by atoms with Gasteiger partial charge in [-0.1, -0.05) is 29.0 Å². The van der Waals surface area contributed by atoms with Crippen LogP contribution in [0.25, 0.3) is 15.3 Å². The van der Waals surface area contributed by atoms with Crippen LogP contribution in [-0.2, 0) is 26.0 Å². The number of carboxylic acid groups (broad SMARTS) is 1. The quantitative estimate of drug-likeness (QED) is 0.0794. The van der Waals surface area contributed by atoms with Gasteiger partial charge in [0.2, 0.25) is 21.0 Å². The summed E-state index contributed by atoms with van der Waals surface area (Å²) in [5, 5.41) is 39.0. The van der Waals surface area contributed by atoms with Crippen molar-refractivity contribution in [3.8, 4) is 11.2 Å². The number of hydrogen-bond acceptors (Lipinski definition) is 14. The lowest BCUT2D eigenvalue weighted by Gasteiger charge is -2.15. The number of methoxy groups -OCH3 is 1. The molecule has 18 heteroatoms. The molecule has 0 fully saturated rings. The number of anilines is 2. The largest absolute Gasteiger partial charge is 0.480 e. The van der Waals surface area contributed by atoms with Gasteiger partial charge in [-0.25, -0.2) is 28.1 Å². The number of nitrogens with zero attached hydrogens (tertiary/aromatic N) is 8. The van der Waals surface area contributed by atoms with Gasteiger partial charge in [0, 0.05) is 33.7 Å². The van der Waals surface area contributed by atoms with E-state index in [4.69, 9.17) is 19.8 Å². The number of hydrogen-bond donors (Lipinski definition) is 4. The van der Waals surface area contributed by atoms with Crippen LogP contribution in [0.4, 0.5) is 23.1 Å². The van der Waals surface area contributed by atoms with Crippen LogP contribution in [0.2, 0.25) is 0 Å². The lowest BCUT2D eigenvalue weighted by molar-refractivity contribution is -0.138. The first-order valence-corrected chi connectivity index (χ1v) is 18.1. The lowest BCUT2D eigenvalue weighted by atomic mass is 9.97. The van der Waals surface area contributed by atoms with Crippen LogP contribution in [0.1, 0.15) is 47.0 Å². The van der Waals surface area contributed by atoms with Crippen LogP contribution in [0.5, 0.6) is 0 Å². The van der Waals surface area contributed by atoms with Crippen molar-refractivity contribution in [1.82, 2.24) is 29.5 Å². The first-order chi connectivity index (χ1) is 24.3. The summed E-state index contributed by atoms with van der Waals surface area (Å²) in [4.78, 5) is 25.1. The van der Waals surface area contributed by atoms with Gasteiger partial charge in [-0.05, 0) is 69.0 Å². The zero-order chi connectivity index (χ0) is 36.9. The van der Waals surface area contributed by atoms with E-state index >= 15 is 0 Å². The summed E-state index contributed by atoms with van der Waals surface area (Å²) in [5.41, 5.74) is 5.43. The van der Waals surface area contributed by atoms with Gasteiger partial charge in [0.25, 0.3) is 0 Å². The Morgan fingerprint density at radius 2 is 1.84 bits per heavy atom. The number of ether oxygens (including phenoxy) is 1. The number of aromatic nitrogens is 5. The standard InChI is InChI=1S/C33H37N11O5S2/c1-18-12-19(2)24(20(3)13-18)15-27-38-30(35-5)28(31(39-27)36-10-7-11-49-6)40-41-29-22(16-34)17-44(42-29)33-37-25-14-23(8-9-26(25)50-33)51(47,48)43-21(4)32(45)46/h8-9,12-14,17,21,43H,7,10-11,15H2,1-6H3,(H,45,46)(H2,35,36,38,39). The van der Waals surface area contributed by atoms with Crippen molar-refractivity contribution in [2.45, 2.75) is 51.5 Å². The average molecular weight is 732 g/mol. The summed E-state index contributed by atoms with van der Waals surface area (Å²) in [6, 6.07) is 9.31. The number of nitrogens with one attached hydrogen (secondary N) is 3. The number of benzene rings is 2. The van der Waals surface area contributed by atoms with E-state index in [1.54, 1.807) is 20.2 Å². The third-order valence-corrected chi connectivity index (χ3v) is 10.3. The molecule has 266 valence electrons. The van der Waals surface area contributed by atoms with E-state index in [0.717, 1.165) is 16.7 Å². The zero-order valence-corrected chi connectivity index (χ0v) is 30.5. The first kappa shape index (κ1) is 36.9. The molecule has 16 nitrogen and oxygen atoms in total. The minimum atomic E-state index is -4.12. The molecule has 0 saturated heterocycles. The van der Waals surface area contributed by atoms with E-state index in [2.05, 4.69) is 74.6 Å². The summed E-state index contributed by atoms with van der Waals surface area (Å²) in [7, 11) is -0.756. The fourth-order valence-electron chi connectivity index (χ4n) is 5.27. The molecular weight excluding hydrogens is 695 g/mol. The van der Waals surface area contributed by atoms with Crippen molar-refractivity contribution in [3.63, 3.8) is 0 Å². The Morgan fingerprint density at radius 1 is 1.12 bits per heavy atom. The summed E-state index contributed by atoms with van der Waals surface area (Å²) in [6.07, 6.45) is 2.68. The molecule has 5 aromatic rings. The van der Waals surface area contributed by atoms with Crippen LogP contribution < -0.4 is 15.4 Å². The number of aryl methyl sites for hydroxylation is 3. The molecule has 51 heavy (non-hydrogen) atoms. The molecule has 0 aliphatic carbocycles. The predicted octanol–water partition coefficient (Wildman–Crippen LogP) is 5.32. The minimum Gasteiger partial charge on any atom is -0.480 e. The number of rotatable bonds is 15. The molecule has 3 heterocycles. The number of carboxylic acids is 1. The lowest BCUT2D eigenvalue weighted by Crippen LogP contribution is -2.38. The minimum absolute atomic E-state index is 0.0225. The number of sulfonamides is 1. The molecule has 2 aromatic carbocycles. The second kappa shape index (κ2) is 15.7. The molecule has 0 bridgehead atoms. The van der Waals surface area contributed by atoms with Crippen LogP contribution in [0.3, 0.4) is 0 Å². The molecule has 4 N–H and O–H groups in total. The summed E-state index contributed by atoms with van der Waals surface area (Å²) < 4.78 is 34.8. The molecular formula is C33H37N11O5S2. The number of nitriles is 1. The topological polar surface area (TPSA) is 222 Å². The third kappa shape index (κ3) is 8.52. The number of azo groups is 1. The second-order valence-electron chi connectivity index (χ2n) is 11.7. The Labute approximate surface area is 298 Å². The molecule has 0 aliphatic rings. The molecule has 5 rings (SSSR count). The van der Waals surface area contributed by atoms with Crippen molar-refractivity contribution in [1.29, 1.82) is 5.26 Å². The van der Waals surface area contributed by atoms with E-state index in [0.29, 0.717) is 64.5 Å². The molecule has 1 atom stereocenters. The van der Waals surface area contributed by atoms with Crippen molar-refractivity contribution in [2.75, 3.05) is 37.9 Å². The maximum atomic E-state index is 12.7. The van der Waals surface area contributed by atoms with Crippen LogP contribution >= 0.6 is 11.3 Å². The fraction of sp³-hybridized carbons (Fsp3) is 0.333. The highest BCUT2D eigenvalue weighted by atomic mass is 32.2. The van der Waals surface area contributed by atoms with Crippen molar-refractivity contribution in [2.24, 2.45) is 10.2 Å². The molecule has 3 aromatic heterocycles. The van der Waals surface area contributed by atoms with Crippen LogP contribution in [-0.4, -0.2) is 77.6 Å². The van der Waals surface area contributed by atoms with Gasteiger partial charge in [0.1, 0.15) is 23.5 Å². The van der Waals surface area contributed by atoms with E-state index in [9.17, 15) is 18.5 Å². The number of thiazole rings is 1. The Hall–Kier alpha value is -5.35. The highest BCUT2D eigenvalue weighted by molar-refractivity contribution is 7.89. The highest BCUT2D eigenvalue weighted by Crippen LogP contribution is 2.34.